The van der Waals surface area contributed by atoms with Crippen LogP contribution in [0.25, 0.3) is 0 Å². The van der Waals surface area contributed by atoms with Crippen molar-refractivity contribution in [3.8, 4) is 0 Å². The third-order valence-electron chi connectivity index (χ3n) is 3.57. The average molecular weight is 381 g/mol. The molecule has 21 heavy (non-hydrogen) atoms. The fraction of sp³-hybridized carbons (Fsp3) is 0.714. The van der Waals surface area contributed by atoms with Gasteiger partial charge in [-0.1, -0.05) is 27.7 Å². The predicted octanol–water partition coefficient (Wildman–Crippen LogP) is 2.97. The van der Waals surface area contributed by atoms with E-state index in [1.807, 2.05) is 0 Å². The summed E-state index contributed by atoms with van der Waals surface area (Å²) in [6.45, 7) is 9.34. The number of furan rings is 1. The summed E-state index contributed by atoms with van der Waals surface area (Å²) in [6.07, 6.45) is 0. The van der Waals surface area contributed by atoms with Crippen molar-refractivity contribution in [2.24, 2.45) is 17.8 Å². The first-order chi connectivity index (χ1) is 9.69. The molecule has 0 atom stereocenters. The van der Waals surface area contributed by atoms with Gasteiger partial charge in [-0.05, 0) is 40.7 Å². The van der Waals surface area contributed by atoms with E-state index in [4.69, 9.17) is 4.42 Å². The first-order valence-electron chi connectivity index (χ1n) is 7.11. The van der Waals surface area contributed by atoms with Gasteiger partial charge in [-0.25, -0.2) is 13.1 Å². The van der Waals surface area contributed by atoms with E-state index in [-0.39, 0.29) is 9.56 Å². The molecule has 1 heterocycles. The highest BCUT2D eigenvalue weighted by atomic mass is 79.9. The van der Waals surface area contributed by atoms with Crippen molar-refractivity contribution in [1.82, 2.24) is 10.0 Å². The van der Waals surface area contributed by atoms with Crippen molar-refractivity contribution in [3.63, 3.8) is 0 Å². The summed E-state index contributed by atoms with van der Waals surface area (Å²) in [5.74, 6) is 1.71. The molecule has 0 aliphatic heterocycles. The Bertz CT molecular complexity index is 545. The lowest BCUT2D eigenvalue weighted by Crippen LogP contribution is -2.33. The van der Waals surface area contributed by atoms with Gasteiger partial charge in [-0.3, -0.25) is 0 Å². The summed E-state index contributed by atoms with van der Waals surface area (Å²) >= 11 is 3.17. The molecule has 0 fully saturated rings. The highest BCUT2D eigenvalue weighted by Crippen LogP contribution is 2.27. The van der Waals surface area contributed by atoms with Gasteiger partial charge in [-0.2, -0.15) is 0 Å². The van der Waals surface area contributed by atoms with Crippen LogP contribution in [0.2, 0.25) is 0 Å². The molecule has 0 unspecified atom stereocenters. The molecule has 0 aliphatic rings. The van der Waals surface area contributed by atoms with Crippen LogP contribution in [-0.4, -0.2) is 22.0 Å². The Balaban J connectivity index is 2.86. The van der Waals surface area contributed by atoms with E-state index in [0.29, 0.717) is 36.6 Å². The quantitative estimate of drug-likeness (QED) is 0.726. The maximum Gasteiger partial charge on any atom is 0.244 e. The smallest absolute Gasteiger partial charge is 0.244 e. The fourth-order valence-electron chi connectivity index (χ4n) is 2.37. The van der Waals surface area contributed by atoms with Crippen molar-refractivity contribution in [2.45, 2.75) is 39.1 Å². The van der Waals surface area contributed by atoms with Crippen molar-refractivity contribution in [3.05, 3.63) is 16.5 Å². The number of nitrogens with one attached hydrogen (secondary N) is 2. The standard InChI is InChI=1S/C14H25BrN2O3S/c1-9(2)12(10(3)4)8-17-21(18,19)13-6-11(7-16-5)20-14(13)15/h6,9-10,12,16-17H,7-8H2,1-5H3. The molecule has 0 aliphatic carbocycles. The maximum absolute atomic E-state index is 12.4. The molecule has 0 saturated carbocycles. The van der Waals surface area contributed by atoms with Gasteiger partial charge in [0, 0.05) is 12.6 Å². The lowest BCUT2D eigenvalue weighted by molar-refractivity contribution is 0.289. The minimum Gasteiger partial charge on any atom is -0.452 e. The summed E-state index contributed by atoms with van der Waals surface area (Å²) in [4.78, 5) is 0.152. The molecule has 5 nitrogen and oxygen atoms in total. The summed E-state index contributed by atoms with van der Waals surface area (Å²) in [6, 6.07) is 1.54. The largest absolute Gasteiger partial charge is 0.452 e. The Labute approximate surface area is 136 Å². The van der Waals surface area contributed by atoms with Crippen LogP contribution in [0, 0.1) is 17.8 Å². The molecule has 1 rings (SSSR count). The Kier molecular flexibility index (Phi) is 6.90. The first-order valence-corrected chi connectivity index (χ1v) is 9.39. The molecule has 0 aromatic carbocycles. The number of halogens is 1. The second-order valence-electron chi connectivity index (χ2n) is 5.88. The van der Waals surface area contributed by atoms with Crippen LogP contribution in [-0.2, 0) is 16.6 Å². The van der Waals surface area contributed by atoms with Crippen LogP contribution in [0.3, 0.4) is 0 Å². The second kappa shape index (κ2) is 7.76. The molecular weight excluding hydrogens is 356 g/mol. The van der Waals surface area contributed by atoms with Crippen molar-refractivity contribution in [2.75, 3.05) is 13.6 Å². The monoisotopic (exact) mass is 380 g/mol. The predicted molar refractivity (Wildman–Crippen MR) is 87.5 cm³/mol. The van der Waals surface area contributed by atoms with Crippen molar-refractivity contribution >= 4 is 26.0 Å². The topological polar surface area (TPSA) is 71.3 Å². The number of sulfonamides is 1. The van der Waals surface area contributed by atoms with Crippen LogP contribution >= 0.6 is 15.9 Å². The molecule has 7 heteroatoms. The molecule has 0 radical (unpaired) electrons. The van der Waals surface area contributed by atoms with Gasteiger partial charge in [0.2, 0.25) is 10.0 Å². The number of hydrogen-bond donors (Lipinski definition) is 2. The average Bonchev–Trinajstić information content (AvgIpc) is 2.70. The van der Waals surface area contributed by atoms with Gasteiger partial charge < -0.3 is 9.73 Å². The zero-order chi connectivity index (χ0) is 16.2. The molecule has 0 spiro atoms. The number of hydrogen-bond acceptors (Lipinski definition) is 4. The minimum atomic E-state index is -3.57. The Morgan fingerprint density at radius 1 is 1.24 bits per heavy atom. The Morgan fingerprint density at radius 3 is 2.29 bits per heavy atom. The van der Waals surface area contributed by atoms with Crippen LogP contribution in [0.15, 0.2) is 20.0 Å². The summed E-state index contributed by atoms with van der Waals surface area (Å²) in [5, 5.41) is 2.93. The SMILES string of the molecule is CNCc1cc(S(=O)(=O)NCC(C(C)C)C(C)C)c(Br)o1. The Morgan fingerprint density at radius 2 is 1.81 bits per heavy atom. The zero-order valence-electron chi connectivity index (χ0n) is 13.2. The van der Waals surface area contributed by atoms with E-state index in [2.05, 4.69) is 53.7 Å². The second-order valence-corrected chi connectivity index (χ2v) is 8.34. The number of rotatable bonds is 8. The van der Waals surface area contributed by atoms with Gasteiger partial charge in [0.1, 0.15) is 10.7 Å². The van der Waals surface area contributed by atoms with Crippen LogP contribution in [0.5, 0.6) is 0 Å². The third kappa shape index (κ3) is 5.09. The molecule has 2 N–H and O–H groups in total. The normalized spacial score (nSPS) is 12.8. The molecule has 122 valence electrons. The summed E-state index contributed by atoms with van der Waals surface area (Å²) < 4.78 is 33.1. The van der Waals surface area contributed by atoms with Crippen LogP contribution < -0.4 is 10.0 Å². The summed E-state index contributed by atoms with van der Waals surface area (Å²) in [7, 11) is -1.79. The highest BCUT2D eigenvalue weighted by Gasteiger charge is 2.25. The van der Waals surface area contributed by atoms with Crippen molar-refractivity contribution < 1.29 is 12.8 Å². The molecule has 0 amide bonds. The van der Waals surface area contributed by atoms with E-state index in [1.54, 1.807) is 13.1 Å². The van der Waals surface area contributed by atoms with E-state index in [1.165, 1.54) is 0 Å². The molecule has 0 bridgehead atoms. The third-order valence-corrected chi connectivity index (χ3v) is 5.85. The fourth-order valence-corrected chi connectivity index (χ4v) is 4.44. The molecule has 1 aromatic heterocycles. The van der Waals surface area contributed by atoms with E-state index >= 15 is 0 Å². The van der Waals surface area contributed by atoms with Gasteiger partial charge in [0.25, 0.3) is 0 Å². The lowest BCUT2D eigenvalue weighted by Gasteiger charge is -2.24. The van der Waals surface area contributed by atoms with Crippen LogP contribution in [0.1, 0.15) is 33.5 Å². The lowest BCUT2D eigenvalue weighted by atomic mass is 9.86. The van der Waals surface area contributed by atoms with Crippen LogP contribution in [0.4, 0.5) is 0 Å². The van der Waals surface area contributed by atoms with Gasteiger partial charge >= 0.3 is 0 Å². The minimum absolute atomic E-state index is 0.152. The van der Waals surface area contributed by atoms with E-state index in [0.717, 1.165) is 0 Å². The Hall–Kier alpha value is -0.370. The molecule has 0 saturated heterocycles. The molecule has 1 aromatic rings. The maximum atomic E-state index is 12.4. The van der Waals surface area contributed by atoms with Gasteiger partial charge in [-0.15, -0.1) is 0 Å². The zero-order valence-corrected chi connectivity index (χ0v) is 15.6. The van der Waals surface area contributed by atoms with E-state index < -0.39 is 10.0 Å². The summed E-state index contributed by atoms with van der Waals surface area (Å²) in [5.41, 5.74) is 0. The van der Waals surface area contributed by atoms with Gasteiger partial charge in [0.15, 0.2) is 4.67 Å². The van der Waals surface area contributed by atoms with E-state index in [9.17, 15) is 8.42 Å². The van der Waals surface area contributed by atoms with Crippen molar-refractivity contribution in [1.29, 1.82) is 0 Å². The highest BCUT2D eigenvalue weighted by molar-refractivity contribution is 9.10. The molecular formula is C14H25BrN2O3S. The first kappa shape index (κ1) is 18.7. The van der Waals surface area contributed by atoms with Gasteiger partial charge in [0.05, 0.1) is 6.54 Å².